The van der Waals surface area contributed by atoms with Gasteiger partial charge in [0, 0.05) is 6.21 Å². The van der Waals surface area contributed by atoms with Crippen molar-refractivity contribution in [2.24, 2.45) is 4.99 Å². The number of hydrogen-bond donors (Lipinski definition) is 0. The fourth-order valence-corrected chi connectivity index (χ4v) is 0.561. The molecule has 1 aliphatic rings. The predicted molar refractivity (Wildman–Crippen MR) is 37.3 cm³/mol. The second-order valence-corrected chi connectivity index (χ2v) is 1.96. The van der Waals surface area contributed by atoms with E-state index in [1.807, 2.05) is 6.92 Å². The van der Waals surface area contributed by atoms with Crippen molar-refractivity contribution < 1.29 is 4.74 Å². The maximum Gasteiger partial charge on any atom is 0.210 e. The van der Waals surface area contributed by atoms with E-state index in [4.69, 9.17) is 4.74 Å². The van der Waals surface area contributed by atoms with Crippen LogP contribution in [0.25, 0.3) is 0 Å². The molecule has 0 N–H and O–H groups in total. The molecule has 0 saturated heterocycles. The Morgan fingerprint density at radius 1 is 1.78 bits per heavy atom. The molecule has 0 aromatic heterocycles. The summed E-state index contributed by atoms with van der Waals surface area (Å²) in [5.74, 6) is 0. The van der Waals surface area contributed by atoms with E-state index in [0.29, 0.717) is 0 Å². The van der Waals surface area contributed by atoms with Gasteiger partial charge in [0.15, 0.2) is 0 Å². The largest absolute Gasteiger partial charge is 0.472 e. The normalized spacial score (nSPS) is 23.4. The summed E-state index contributed by atoms with van der Waals surface area (Å²) in [5.41, 5.74) is 0.926. The summed E-state index contributed by atoms with van der Waals surface area (Å²) in [6, 6.07) is 0. The summed E-state index contributed by atoms with van der Waals surface area (Å²) < 4.78 is 5.06. The lowest BCUT2D eigenvalue weighted by Gasteiger charge is -2.12. The van der Waals surface area contributed by atoms with Crippen molar-refractivity contribution in [3.63, 3.8) is 0 Å². The van der Waals surface area contributed by atoms with Crippen LogP contribution in [0.1, 0.15) is 6.92 Å². The number of ether oxygens (including phenoxy) is 1. The monoisotopic (exact) mass is 123 g/mol. The number of nitrogens with zero attached hydrogens (tertiary/aromatic N) is 1. The third-order valence-electron chi connectivity index (χ3n) is 1.02. The van der Waals surface area contributed by atoms with E-state index in [2.05, 4.69) is 11.6 Å². The molecule has 0 spiro atoms. The molecule has 1 aliphatic heterocycles. The Morgan fingerprint density at radius 3 is 2.89 bits per heavy atom. The maximum absolute atomic E-state index is 5.06. The van der Waals surface area contributed by atoms with Crippen molar-refractivity contribution in [3.05, 3.63) is 24.5 Å². The molecule has 1 atom stereocenters. The summed E-state index contributed by atoms with van der Waals surface area (Å²) in [4.78, 5) is 4.00. The van der Waals surface area contributed by atoms with Crippen LogP contribution in [0, 0.1) is 0 Å². The molecule has 0 fully saturated rings. The highest BCUT2D eigenvalue weighted by Gasteiger charge is 2.05. The third kappa shape index (κ3) is 1.42. The Kier molecular flexibility index (Phi) is 1.68. The first-order valence-electron chi connectivity index (χ1n) is 2.80. The quantitative estimate of drug-likeness (QED) is 0.484. The average molecular weight is 123 g/mol. The molecule has 1 rings (SSSR count). The summed E-state index contributed by atoms with van der Waals surface area (Å²) in [6.45, 7) is 5.60. The topological polar surface area (TPSA) is 21.6 Å². The van der Waals surface area contributed by atoms with Gasteiger partial charge in [0.25, 0.3) is 0 Å². The Labute approximate surface area is 54.6 Å². The van der Waals surface area contributed by atoms with E-state index in [0.717, 1.165) is 5.57 Å². The smallest absolute Gasteiger partial charge is 0.210 e. The van der Waals surface area contributed by atoms with Crippen molar-refractivity contribution >= 4 is 6.21 Å². The van der Waals surface area contributed by atoms with Crippen molar-refractivity contribution in [3.8, 4) is 0 Å². The van der Waals surface area contributed by atoms with E-state index in [9.17, 15) is 0 Å². The molecule has 2 nitrogen and oxygen atoms in total. The van der Waals surface area contributed by atoms with Crippen LogP contribution in [0.2, 0.25) is 0 Å². The summed E-state index contributed by atoms with van der Waals surface area (Å²) in [5, 5.41) is 0. The molecule has 0 aromatic rings. The fourth-order valence-electron chi connectivity index (χ4n) is 0.561. The molecule has 1 unspecified atom stereocenters. The minimum atomic E-state index is -0.157. The van der Waals surface area contributed by atoms with E-state index < -0.39 is 0 Å². The van der Waals surface area contributed by atoms with Gasteiger partial charge in [-0.25, -0.2) is 4.99 Å². The van der Waals surface area contributed by atoms with E-state index >= 15 is 0 Å². The first kappa shape index (κ1) is 6.08. The van der Waals surface area contributed by atoms with Gasteiger partial charge in [-0.2, -0.15) is 0 Å². The highest BCUT2D eigenvalue weighted by molar-refractivity contribution is 5.71. The molecular formula is C7H9NO. The van der Waals surface area contributed by atoms with Crippen LogP contribution in [0.3, 0.4) is 0 Å². The van der Waals surface area contributed by atoms with Gasteiger partial charge in [0.1, 0.15) is 0 Å². The lowest BCUT2D eigenvalue weighted by molar-refractivity contribution is 0.182. The van der Waals surface area contributed by atoms with E-state index in [-0.39, 0.29) is 6.23 Å². The van der Waals surface area contributed by atoms with Crippen LogP contribution >= 0.6 is 0 Å². The molecular weight excluding hydrogens is 114 g/mol. The van der Waals surface area contributed by atoms with Gasteiger partial charge < -0.3 is 4.74 Å². The lowest BCUT2D eigenvalue weighted by Crippen LogP contribution is -2.09. The second-order valence-electron chi connectivity index (χ2n) is 1.96. The standard InChI is InChI=1S/C7H9NO/c1-6(2)7-8-4-3-5-9-7/h3-5,7H,1H2,2H3. The molecule has 0 amide bonds. The van der Waals surface area contributed by atoms with E-state index in [1.165, 1.54) is 0 Å². The van der Waals surface area contributed by atoms with Gasteiger partial charge in [0.05, 0.1) is 6.26 Å². The van der Waals surface area contributed by atoms with Gasteiger partial charge in [-0.05, 0) is 18.6 Å². The number of hydrogen-bond acceptors (Lipinski definition) is 2. The number of aliphatic imine (C=N–C) groups is 1. The van der Waals surface area contributed by atoms with Crippen LogP contribution in [0.15, 0.2) is 29.5 Å². The highest BCUT2D eigenvalue weighted by atomic mass is 16.5. The van der Waals surface area contributed by atoms with Gasteiger partial charge in [-0.15, -0.1) is 0 Å². The number of allylic oxidation sites excluding steroid dienone is 1. The zero-order chi connectivity index (χ0) is 6.69. The van der Waals surface area contributed by atoms with Crippen molar-refractivity contribution in [1.29, 1.82) is 0 Å². The van der Waals surface area contributed by atoms with Crippen LogP contribution in [0.4, 0.5) is 0 Å². The first-order valence-corrected chi connectivity index (χ1v) is 2.80. The van der Waals surface area contributed by atoms with Crippen molar-refractivity contribution in [2.75, 3.05) is 0 Å². The predicted octanol–water partition coefficient (Wildman–Crippen LogP) is 1.50. The Morgan fingerprint density at radius 2 is 2.56 bits per heavy atom. The zero-order valence-corrected chi connectivity index (χ0v) is 5.37. The molecule has 1 heterocycles. The lowest BCUT2D eigenvalue weighted by atomic mass is 10.3. The summed E-state index contributed by atoms with van der Waals surface area (Å²) in [7, 11) is 0. The van der Waals surface area contributed by atoms with Gasteiger partial charge in [0.2, 0.25) is 6.23 Å². The van der Waals surface area contributed by atoms with Crippen LogP contribution < -0.4 is 0 Å². The van der Waals surface area contributed by atoms with Gasteiger partial charge in [-0.3, -0.25) is 0 Å². The molecule has 0 saturated carbocycles. The SMILES string of the molecule is C=C(C)C1N=CC=CO1. The Balaban J connectivity index is 2.56. The van der Waals surface area contributed by atoms with Crippen LogP contribution in [-0.4, -0.2) is 12.4 Å². The minimum absolute atomic E-state index is 0.157. The molecule has 9 heavy (non-hydrogen) atoms. The molecule has 0 radical (unpaired) electrons. The highest BCUT2D eigenvalue weighted by Crippen LogP contribution is 2.07. The molecule has 0 aliphatic carbocycles. The fraction of sp³-hybridized carbons (Fsp3) is 0.286. The molecule has 48 valence electrons. The van der Waals surface area contributed by atoms with E-state index in [1.54, 1.807) is 18.6 Å². The van der Waals surface area contributed by atoms with Gasteiger partial charge >= 0.3 is 0 Å². The minimum Gasteiger partial charge on any atom is -0.472 e. The third-order valence-corrected chi connectivity index (χ3v) is 1.02. The second kappa shape index (κ2) is 2.49. The molecule has 2 heteroatoms. The maximum atomic E-state index is 5.06. The summed E-state index contributed by atoms with van der Waals surface area (Å²) >= 11 is 0. The van der Waals surface area contributed by atoms with Crippen LogP contribution in [-0.2, 0) is 4.74 Å². The first-order chi connectivity index (χ1) is 4.30. The zero-order valence-electron chi connectivity index (χ0n) is 5.37. The van der Waals surface area contributed by atoms with Crippen molar-refractivity contribution in [2.45, 2.75) is 13.2 Å². The molecule has 0 aromatic carbocycles. The Hall–Kier alpha value is -1.05. The number of rotatable bonds is 1. The molecule has 0 bridgehead atoms. The van der Waals surface area contributed by atoms with Crippen molar-refractivity contribution in [1.82, 2.24) is 0 Å². The average Bonchev–Trinajstić information content (AvgIpc) is 1.90. The summed E-state index contributed by atoms with van der Waals surface area (Å²) in [6.07, 6.45) is 4.92. The van der Waals surface area contributed by atoms with Gasteiger partial charge in [-0.1, -0.05) is 6.58 Å². The van der Waals surface area contributed by atoms with Crippen LogP contribution in [0.5, 0.6) is 0 Å². The Bertz CT molecular complexity index is 170.